The van der Waals surface area contributed by atoms with Gasteiger partial charge in [-0.25, -0.2) is 4.98 Å². The number of halogens is 1. The van der Waals surface area contributed by atoms with Crippen molar-refractivity contribution in [2.45, 2.75) is 33.4 Å². The minimum Gasteiger partial charge on any atom is -0.364 e. The molecule has 1 saturated heterocycles. The average Bonchev–Trinajstić information content (AvgIpc) is 3.38. The van der Waals surface area contributed by atoms with Crippen LogP contribution in [0.15, 0.2) is 46.1 Å². The fraction of sp³-hybridized carbons (Fsp3) is 0.500. The molecule has 0 atom stereocenters. The number of imidazole rings is 1. The molecule has 8 nitrogen and oxygen atoms in total. The maximum Gasteiger partial charge on any atom is 0.194 e. The molecular weight excluding hydrogens is 505 g/mol. The molecule has 1 N–H and O–H groups in total. The molecule has 168 valence electrons. The van der Waals surface area contributed by atoms with Gasteiger partial charge in [-0.15, -0.1) is 24.0 Å². The summed E-state index contributed by atoms with van der Waals surface area (Å²) in [5, 5.41) is 7.48. The van der Waals surface area contributed by atoms with Crippen LogP contribution in [0.4, 0.5) is 0 Å². The normalized spacial score (nSPS) is 15.3. The Morgan fingerprint density at radius 1 is 1.16 bits per heavy atom. The van der Waals surface area contributed by atoms with Gasteiger partial charge in [0.1, 0.15) is 12.1 Å². The second-order valence-corrected chi connectivity index (χ2v) is 7.64. The van der Waals surface area contributed by atoms with E-state index in [1.807, 2.05) is 12.1 Å². The lowest BCUT2D eigenvalue weighted by Crippen LogP contribution is -2.52. The number of guanidine groups is 1. The molecule has 3 heterocycles. The van der Waals surface area contributed by atoms with Crippen LogP contribution in [0.3, 0.4) is 0 Å². The van der Waals surface area contributed by atoms with Gasteiger partial charge in [-0.3, -0.25) is 9.89 Å². The number of fused-ring (bicyclic) bond motifs is 1. The van der Waals surface area contributed by atoms with E-state index in [9.17, 15) is 0 Å². The van der Waals surface area contributed by atoms with Crippen LogP contribution in [0.5, 0.6) is 0 Å². The highest BCUT2D eigenvalue weighted by Crippen LogP contribution is 2.16. The smallest absolute Gasteiger partial charge is 0.194 e. The van der Waals surface area contributed by atoms with E-state index >= 15 is 0 Å². The molecule has 3 aromatic rings. The summed E-state index contributed by atoms with van der Waals surface area (Å²) < 4.78 is 7.23. The minimum atomic E-state index is 0. The SMILES string of the molecule is CCNC(=NCCCn1c(C)nc2ccccc21)N1CCN(Cc2ccon2)CC1.I. The maximum absolute atomic E-state index is 4.94. The zero-order chi connectivity index (χ0) is 20.8. The van der Waals surface area contributed by atoms with Crippen LogP contribution in [0, 0.1) is 6.92 Å². The van der Waals surface area contributed by atoms with E-state index in [2.05, 4.69) is 61.9 Å². The lowest BCUT2D eigenvalue weighted by molar-refractivity contribution is 0.169. The van der Waals surface area contributed by atoms with Crippen molar-refractivity contribution in [1.29, 1.82) is 0 Å². The van der Waals surface area contributed by atoms with E-state index < -0.39 is 0 Å². The third-order valence-electron chi connectivity index (χ3n) is 5.53. The van der Waals surface area contributed by atoms with Gasteiger partial charge in [0.2, 0.25) is 0 Å². The van der Waals surface area contributed by atoms with Crippen molar-refractivity contribution >= 4 is 41.0 Å². The van der Waals surface area contributed by atoms with Crippen LogP contribution in [0.1, 0.15) is 24.9 Å². The van der Waals surface area contributed by atoms with E-state index in [4.69, 9.17) is 9.52 Å². The van der Waals surface area contributed by atoms with Gasteiger partial charge in [-0.1, -0.05) is 17.3 Å². The molecule has 0 saturated carbocycles. The highest BCUT2D eigenvalue weighted by atomic mass is 127. The summed E-state index contributed by atoms with van der Waals surface area (Å²) in [6.07, 6.45) is 2.62. The quantitative estimate of drug-likeness (QED) is 0.216. The molecule has 0 aliphatic carbocycles. The van der Waals surface area contributed by atoms with Gasteiger partial charge < -0.3 is 19.3 Å². The summed E-state index contributed by atoms with van der Waals surface area (Å²) in [5.74, 6) is 2.08. The number of hydrogen-bond donors (Lipinski definition) is 1. The van der Waals surface area contributed by atoms with Crippen LogP contribution in [-0.4, -0.2) is 69.7 Å². The van der Waals surface area contributed by atoms with Crippen LogP contribution < -0.4 is 5.32 Å². The van der Waals surface area contributed by atoms with Gasteiger partial charge in [0, 0.05) is 58.4 Å². The molecule has 31 heavy (non-hydrogen) atoms. The van der Waals surface area contributed by atoms with Crippen molar-refractivity contribution in [1.82, 2.24) is 29.8 Å². The molecule has 0 spiro atoms. The second-order valence-electron chi connectivity index (χ2n) is 7.64. The Morgan fingerprint density at radius 3 is 2.71 bits per heavy atom. The van der Waals surface area contributed by atoms with Crippen LogP contribution in [0.25, 0.3) is 11.0 Å². The third-order valence-corrected chi connectivity index (χ3v) is 5.53. The Labute approximate surface area is 200 Å². The first kappa shape index (κ1) is 23.5. The van der Waals surface area contributed by atoms with Gasteiger partial charge >= 0.3 is 0 Å². The van der Waals surface area contributed by atoms with E-state index in [1.165, 1.54) is 5.52 Å². The van der Waals surface area contributed by atoms with Crippen molar-refractivity contribution in [3.63, 3.8) is 0 Å². The number of rotatable bonds is 7. The molecule has 0 unspecified atom stereocenters. The number of piperazine rings is 1. The van der Waals surface area contributed by atoms with Crippen molar-refractivity contribution in [3.8, 4) is 0 Å². The van der Waals surface area contributed by atoms with Gasteiger partial charge in [0.15, 0.2) is 5.96 Å². The lowest BCUT2D eigenvalue weighted by Gasteiger charge is -2.36. The predicted molar refractivity (Wildman–Crippen MR) is 134 cm³/mol. The number of nitrogens with zero attached hydrogens (tertiary/aromatic N) is 6. The molecule has 0 amide bonds. The van der Waals surface area contributed by atoms with Gasteiger partial charge in [-0.2, -0.15) is 0 Å². The topological polar surface area (TPSA) is 74.7 Å². The summed E-state index contributed by atoms with van der Waals surface area (Å²) in [7, 11) is 0. The second kappa shape index (κ2) is 11.5. The molecule has 1 fully saturated rings. The molecule has 1 aromatic carbocycles. The average molecular weight is 537 g/mol. The number of nitrogens with one attached hydrogen (secondary N) is 1. The Bertz CT molecular complexity index is 962. The number of aliphatic imine (C=N–C) groups is 1. The van der Waals surface area contributed by atoms with E-state index in [1.54, 1.807) is 6.26 Å². The van der Waals surface area contributed by atoms with Crippen molar-refractivity contribution in [3.05, 3.63) is 48.1 Å². The largest absolute Gasteiger partial charge is 0.364 e. The molecule has 0 radical (unpaired) electrons. The summed E-state index contributed by atoms with van der Waals surface area (Å²) in [4.78, 5) is 14.3. The highest BCUT2D eigenvalue weighted by molar-refractivity contribution is 14.0. The summed E-state index contributed by atoms with van der Waals surface area (Å²) in [6, 6.07) is 10.3. The minimum absolute atomic E-state index is 0. The summed E-state index contributed by atoms with van der Waals surface area (Å²) >= 11 is 0. The monoisotopic (exact) mass is 537 g/mol. The predicted octanol–water partition coefficient (Wildman–Crippen LogP) is 3.12. The first-order valence-electron chi connectivity index (χ1n) is 10.8. The number of benzene rings is 1. The third kappa shape index (κ3) is 5.97. The number of aryl methyl sites for hydroxylation is 2. The Kier molecular flexibility index (Phi) is 8.70. The Balaban J connectivity index is 0.00000272. The zero-order valence-corrected chi connectivity index (χ0v) is 20.7. The van der Waals surface area contributed by atoms with E-state index in [-0.39, 0.29) is 24.0 Å². The first-order chi connectivity index (χ1) is 14.7. The van der Waals surface area contributed by atoms with Crippen molar-refractivity contribution < 1.29 is 4.52 Å². The van der Waals surface area contributed by atoms with Crippen LogP contribution in [-0.2, 0) is 13.1 Å². The number of hydrogen-bond acceptors (Lipinski definition) is 5. The standard InChI is InChI=1S/C22H31N7O.HI/c1-3-23-22(28-14-12-27(13-15-28)17-19-9-16-30-26-19)24-10-6-11-29-18(2)25-20-7-4-5-8-21(20)29;/h4-5,7-9,16H,3,6,10-15,17H2,1-2H3,(H,23,24);1H. The zero-order valence-electron chi connectivity index (χ0n) is 18.3. The number of aromatic nitrogens is 3. The highest BCUT2D eigenvalue weighted by Gasteiger charge is 2.20. The summed E-state index contributed by atoms with van der Waals surface area (Å²) in [5.41, 5.74) is 3.26. The van der Waals surface area contributed by atoms with Crippen LogP contribution in [0.2, 0.25) is 0 Å². The van der Waals surface area contributed by atoms with Crippen molar-refractivity contribution in [2.24, 2.45) is 4.99 Å². The molecule has 4 rings (SSSR count). The Hall–Kier alpha value is -2.14. The maximum atomic E-state index is 4.94. The van der Waals surface area contributed by atoms with Gasteiger partial charge in [-0.05, 0) is 32.4 Å². The molecular formula is C22H32IN7O. The molecule has 1 aliphatic rings. The molecule has 0 bridgehead atoms. The molecule has 1 aliphatic heterocycles. The van der Waals surface area contributed by atoms with Crippen molar-refractivity contribution in [2.75, 3.05) is 39.3 Å². The lowest BCUT2D eigenvalue weighted by atomic mass is 10.3. The van der Waals surface area contributed by atoms with E-state index in [0.29, 0.717) is 0 Å². The fourth-order valence-corrected chi connectivity index (χ4v) is 3.98. The number of para-hydroxylation sites is 2. The van der Waals surface area contributed by atoms with Gasteiger partial charge in [0.25, 0.3) is 0 Å². The summed E-state index contributed by atoms with van der Waals surface area (Å²) in [6.45, 7) is 11.6. The molecule has 2 aromatic heterocycles. The molecule has 9 heteroatoms. The fourth-order valence-electron chi connectivity index (χ4n) is 3.98. The first-order valence-corrected chi connectivity index (χ1v) is 10.8. The van der Waals surface area contributed by atoms with Gasteiger partial charge in [0.05, 0.1) is 16.7 Å². The van der Waals surface area contributed by atoms with E-state index in [0.717, 1.165) is 81.8 Å². The van der Waals surface area contributed by atoms with Crippen LogP contribution >= 0.6 is 24.0 Å². The Morgan fingerprint density at radius 2 is 1.97 bits per heavy atom.